The van der Waals surface area contributed by atoms with Gasteiger partial charge in [-0.05, 0) is 32.9 Å². The van der Waals surface area contributed by atoms with Gasteiger partial charge in [0.1, 0.15) is 17.6 Å². The number of rotatable bonds is 9. The Morgan fingerprint density at radius 2 is 1.92 bits per heavy atom. The van der Waals surface area contributed by atoms with E-state index in [4.69, 9.17) is 14.2 Å². The number of methoxy groups -OCH3 is 2. The normalized spacial score (nSPS) is 13.5. The molecule has 2 atom stereocenters. The molecular weight excluding hydrogens is 421 g/mol. The minimum absolute atomic E-state index is 0. The van der Waals surface area contributed by atoms with Gasteiger partial charge in [-0.1, -0.05) is 6.07 Å². The first-order valence-corrected chi connectivity index (χ1v) is 7.93. The Kier molecular flexibility index (Phi) is 12.4. The molecule has 0 fully saturated rings. The van der Waals surface area contributed by atoms with Crippen LogP contribution in [-0.2, 0) is 4.74 Å². The average molecular weight is 451 g/mol. The minimum Gasteiger partial charge on any atom is -0.497 e. The van der Waals surface area contributed by atoms with Crippen molar-refractivity contribution in [3.63, 3.8) is 0 Å². The van der Waals surface area contributed by atoms with Crippen LogP contribution in [0.2, 0.25) is 0 Å². The number of ether oxygens (including phenoxy) is 3. The van der Waals surface area contributed by atoms with Crippen LogP contribution in [0.15, 0.2) is 29.3 Å². The van der Waals surface area contributed by atoms with Crippen LogP contribution in [0.5, 0.6) is 11.5 Å². The maximum Gasteiger partial charge on any atom is 0.191 e. The molecule has 6 nitrogen and oxygen atoms in total. The van der Waals surface area contributed by atoms with Crippen molar-refractivity contribution in [1.82, 2.24) is 10.6 Å². The van der Waals surface area contributed by atoms with Gasteiger partial charge in [0.05, 0.1) is 20.3 Å². The summed E-state index contributed by atoms with van der Waals surface area (Å²) in [5.74, 6) is 2.32. The maximum atomic E-state index is 5.87. The van der Waals surface area contributed by atoms with Gasteiger partial charge in [0, 0.05) is 25.8 Å². The first-order valence-electron chi connectivity index (χ1n) is 7.93. The molecule has 1 aromatic rings. The lowest BCUT2D eigenvalue weighted by molar-refractivity contribution is 0.179. The zero-order valence-electron chi connectivity index (χ0n) is 15.2. The first kappa shape index (κ1) is 22.8. The van der Waals surface area contributed by atoms with Crippen molar-refractivity contribution in [2.75, 3.05) is 33.9 Å². The zero-order chi connectivity index (χ0) is 17.1. The summed E-state index contributed by atoms with van der Waals surface area (Å²) < 4.78 is 16.2. The Hall–Kier alpha value is -1.22. The summed E-state index contributed by atoms with van der Waals surface area (Å²) in [6.07, 6.45) is -0.0460. The molecule has 0 spiro atoms. The fraction of sp³-hybridized carbons (Fsp3) is 0.588. The second-order valence-electron chi connectivity index (χ2n) is 5.33. The number of hydrogen-bond donors (Lipinski definition) is 2. The largest absolute Gasteiger partial charge is 0.497 e. The number of nitrogens with one attached hydrogen (secondary N) is 2. The maximum absolute atomic E-state index is 5.87. The van der Waals surface area contributed by atoms with E-state index in [1.165, 1.54) is 0 Å². The van der Waals surface area contributed by atoms with Crippen molar-refractivity contribution in [2.24, 2.45) is 4.99 Å². The van der Waals surface area contributed by atoms with Crippen LogP contribution in [0, 0.1) is 0 Å². The molecule has 2 N–H and O–H groups in total. The second kappa shape index (κ2) is 13.1. The molecule has 1 rings (SSSR count). The van der Waals surface area contributed by atoms with E-state index in [-0.39, 0.29) is 36.1 Å². The highest BCUT2D eigenvalue weighted by molar-refractivity contribution is 14.0. The molecule has 0 aromatic heterocycles. The third-order valence-corrected chi connectivity index (χ3v) is 3.03. The van der Waals surface area contributed by atoms with E-state index >= 15 is 0 Å². The number of aliphatic imine (C=N–C) groups is 1. The predicted molar refractivity (Wildman–Crippen MR) is 109 cm³/mol. The fourth-order valence-corrected chi connectivity index (χ4v) is 2.01. The average Bonchev–Trinajstić information content (AvgIpc) is 2.53. The Labute approximate surface area is 162 Å². The van der Waals surface area contributed by atoms with Crippen molar-refractivity contribution in [1.29, 1.82) is 0 Å². The first-order chi connectivity index (χ1) is 11.1. The molecule has 0 radical (unpaired) electrons. The van der Waals surface area contributed by atoms with E-state index in [0.29, 0.717) is 13.2 Å². The van der Waals surface area contributed by atoms with Crippen molar-refractivity contribution < 1.29 is 14.2 Å². The Morgan fingerprint density at radius 1 is 1.21 bits per heavy atom. The molecule has 2 unspecified atom stereocenters. The molecular formula is C17H30IN3O3. The summed E-state index contributed by atoms with van der Waals surface area (Å²) in [4.78, 5) is 4.56. The van der Waals surface area contributed by atoms with Crippen molar-refractivity contribution >= 4 is 29.9 Å². The van der Waals surface area contributed by atoms with E-state index in [1.807, 2.05) is 45.0 Å². The predicted octanol–water partition coefficient (Wildman–Crippen LogP) is 2.67. The van der Waals surface area contributed by atoms with Gasteiger partial charge < -0.3 is 24.8 Å². The lowest BCUT2D eigenvalue weighted by Gasteiger charge is -2.18. The van der Waals surface area contributed by atoms with Crippen molar-refractivity contribution in [3.05, 3.63) is 24.3 Å². The number of benzene rings is 1. The minimum atomic E-state index is -0.0460. The molecule has 0 heterocycles. The summed E-state index contributed by atoms with van der Waals surface area (Å²) in [7, 11) is 3.33. The van der Waals surface area contributed by atoms with Crippen molar-refractivity contribution in [2.45, 2.75) is 32.9 Å². The lowest BCUT2D eigenvalue weighted by Crippen LogP contribution is -2.44. The monoisotopic (exact) mass is 451 g/mol. The van der Waals surface area contributed by atoms with Gasteiger partial charge in [-0.25, -0.2) is 4.99 Å². The van der Waals surface area contributed by atoms with Crippen LogP contribution in [0.1, 0.15) is 20.8 Å². The Balaban J connectivity index is 0.00000529. The van der Waals surface area contributed by atoms with E-state index in [2.05, 4.69) is 15.6 Å². The molecule has 0 saturated heterocycles. The molecule has 0 bridgehead atoms. The molecule has 24 heavy (non-hydrogen) atoms. The van der Waals surface area contributed by atoms with Crippen LogP contribution in [0.25, 0.3) is 0 Å². The van der Waals surface area contributed by atoms with Crippen LogP contribution in [-0.4, -0.2) is 52.0 Å². The fourth-order valence-electron chi connectivity index (χ4n) is 2.01. The molecule has 1 aromatic carbocycles. The zero-order valence-corrected chi connectivity index (χ0v) is 17.5. The standard InChI is InChI=1S/C17H29N3O3.HI/c1-6-18-17(20-13(2)12-21-4)19-11-14(3)23-16-9-7-8-15(10-16)22-5;/h7-10,13-14H,6,11-12H2,1-5H3,(H2,18,19,20);1H. The lowest BCUT2D eigenvalue weighted by atomic mass is 10.3. The summed E-state index contributed by atoms with van der Waals surface area (Å²) >= 11 is 0. The van der Waals surface area contributed by atoms with E-state index < -0.39 is 0 Å². The summed E-state index contributed by atoms with van der Waals surface area (Å²) in [5.41, 5.74) is 0. The van der Waals surface area contributed by atoms with Crippen LogP contribution in [0.4, 0.5) is 0 Å². The van der Waals surface area contributed by atoms with Crippen LogP contribution < -0.4 is 20.1 Å². The quantitative estimate of drug-likeness (QED) is 0.344. The molecule has 0 saturated carbocycles. The molecule has 7 heteroatoms. The molecule has 0 aliphatic carbocycles. The molecule has 0 aliphatic rings. The van der Waals surface area contributed by atoms with E-state index in [9.17, 15) is 0 Å². The topological polar surface area (TPSA) is 64.1 Å². The van der Waals surface area contributed by atoms with Gasteiger partial charge in [-0.3, -0.25) is 0 Å². The molecule has 0 amide bonds. The SMILES string of the molecule is CCNC(=NCC(C)Oc1cccc(OC)c1)NC(C)COC.I. The van der Waals surface area contributed by atoms with Gasteiger partial charge >= 0.3 is 0 Å². The van der Waals surface area contributed by atoms with Crippen molar-refractivity contribution in [3.8, 4) is 11.5 Å². The molecule has 0 aliphatic heterocycles. The van der Waals surface area contributed by atoms with E-state index in [1.54, 1.807) is 14.2 Å². The Morgan fingerprint density at radius 3 is 2.54 bits per heavy atom. The number of hydrogen-bond acceptors (Lipinski definition) is 4. The van der Waals surface area contributed by atoms with Gasteiger partial charge in [0.25, 0.3) is 0 Å². The summed E-state index contributed by atoms with van der Waals surface area (Å²) in [6, 6.07) is 7.76. The number of guanidine groups is 1. The van der Waals surface area contributed by atoms with Crippen LogP contribution in [0.3, 0.4) is 0 Å². The molecule has 138 valence electrons. The highest BCUT2D eigenvalue weighted by atomic mass is 127. The van der Waals surface area contributed by atoms with Gasteiger partial charge in [-0.15, -0.1) is 24.0 Å². The summed E-state index contributed by atoms with van der Waals surface area (Å²) in [6.45, 7) is 8.05. The van der Waals surface area contributed by atoms with E-state index in [0.717, 1.165) is 24.0 Å². The second-order valence-corrected chi connectivity index (χ2v) is 5.33. The Bertz CT molecular complexity index is 486. The third kappa shape index (κ3) is 9.17. The smallest absolute Gasteiger partial charge is 0.191 e. The highest BCUT2D eigenvalue weighted by Gasteiger charge is 2.07. The highest BCUT2D eigenvalue weighted by Crippen LogP contribution is 2.19. The van der Waals surface area contributed by atoms with Crippen LogP contribution >= 0.6 is 24.0 Å². The summed E-state index contributed by atoms with van der Waals surface area (Å²) in [5, 5.41) is 6.51. The van der Waals surface area contributed by atoms with Gasteiger partial charge in [-0.2, -0.15) is 0 Å². The van der Waals surface area contributed by atoms with Gasteiger partial charge in [0.2, 0.25) is 0 Å². The van der Waals surface area contributed by atoms with Gasteiger partial charge in [0.15, 0.2) is 5.96 Å². The number of halogens is 1. The third-order valence-electron chi connectivity index (χ3n) is 3.03. The number of nitrogens with zero attached hydrogens (tertiary/aromatic N) is 1.